The largest absolute Gasteiger partial charge is 0.459 e. The second-order valence-electron chi connectivity index (χ2n) is 5.34. The molecule has 0 N–H and O–H groups in total. The lowest BCUT2D eigenvalue weighted by molar-refractivity contribution is 0.0697. The van der Waals surface area contributed by atoms with Gasteiger partial charge in [-0.25, -0.2) is 4.98 Å². The van der Waals surface area contributed by atoms with Crippen LogP contribution in [-0.2, 0) is 20.1 Å². The molecule has 3 aromatic rings. The number of amides is 1. The summed E-state index contributed by atoms with van der Waals surface area (Å²) in [5, 5.41) is 7.23. The average molecular weight is 330 g/mol. The Bertz CT molecular complexity index is 791. The Morgan fingerprint density at radius 1 is 1.39 bits per heavy atom. The summed E-state index contributed by atoms with van der Waals surface area (Å²) in [6, 6.07) is 3.40. The molecule has 0 unspecified atom stereocenters. The highest BCUT2D eigenvalue weighted by molar-refractivity contribution is 7.09. The summed E-state index contributed by atoms with van der Waals surface area (Å²) in [6.45, 7) is 4.89. The highest BCUT2D eigenvalue weighted by atomic mass is 32.1. The first kappa shape index (κ1) is 15.5. The Kier molecular flexibility index (Phi) is 4.29. The number of nitrogens with zero attached hydrogens (tertiary/aromatic N) is 4. The summed E-state index contributed by atoms with van der Waals surface area (Å²) in [5.74, 6) is 0.189. The van der Waals surface area contributed by atoms with Crippen LogP contribution in [0.1, 0.15) is 32.5 Å². The first-order chi connectivity index (χ1) is 11.1. The van der Waals surface area contributed by atoms with E-state index < -0.39 is 0 Å². The van der Waals surface area contributed by atoms with Crippen LogP contribution in [0.2, 0.25) is 0 Å². The number of aromatic nitrogens is 3. The van der Waals surface area contributed by atoms with E-state index in [-0.39, 0.29) is 5.91 Å². The Labute approximate surface area is 138 Å². The van der Waals surface area contributed by atoms with Crippen LogP contribution in [0.3, 0.4) is 0 Å². The van der Waals surface area contributed by atoms with Crippen molar-refractivity contribution in [2.45, 2.75) is 26.9 Å². The SMILES string of the molecule is Cc1nn(C)c(C)c1CN(Cc1nccs1)C(=O)c1ccco1. The van der Waals surface area contributed by atoms with E-state index in [0.717, 1.165) is 22.0 Å². The first-order valence-electron chi connectivity index (χ1n) is 7.26. The fourth-order valence-electron chi connectivity index (χ4n) is 2.49. The number of aryl methyl sites for hydroxylation is 2. The van der Waals surface area contributed by atoms with Crippen molar-refractivity contribution in [2.24, 2.45) is 7.05 Å². The van der Waals surface area contributed by atoms with E-state index in [2.05, 4.69) is 10.1 Å². The van der Waals surface area contributed by atoms with Gasteiger partial charge in [-0.3, -0.25) is 9.48 Å². The van der Waals surface area contributed by atoms with Gasteiger partial charge in [0, 0.05) is 29.9 Å². The Hall–Kier alpha value is -2.41. The van der Waals surface area contributed by atoms with Crippen molar-refractivity contribution >= 4 is 17.2 Å². The third-order valence-electron chi connectivity index (χ3n) is 3.84. The van der Waals surface area contributed by atoms with E-state index in [4.69, 9.17) is 4.42 Å². The van der Waals surface area contributed by atoms with Crippen molar-refractivity contribution in [3.63, 3.8) is 0 Å². The van der Waals surface area contributed by atoms with Crippen LogP contribution in [0, 0.1) is 13.8 Å². The maximum Gasteiger partial charge on any atom is 0.290 e. The Balaban J connectivity index is 1.90. The zero-order chi connectivity index (χ0) is 16.4. The highest BCUT2D eigenvalue weighted by Crippen LogP contribution is 2.19. The Morgan fingerprint density at radius 2 is 2.22 bits per heavy atom. The second-order valence-corrected chi connectivity index (χ2v) is 6.32. The molecule has 0 aliphatic carbocycles. The van der Waals surface area contributed by atoms with Gasteiger partial charge in [0.2, 0.25) is 0 Å². The van der Waals surface area contributed by atoms with Crippen LogP contribution in [0.5, 0.6) is 0 Å². The van der Waals surface area contributed by atoms with Crippen LogP contribution in [0.4, 0.5) is 0 Å². The molecule has 6 nitrogen and oxygen atoms in total. The van der Waals surface area contributed by atoms with E-state index in [9.17, 15) is 4.79 Å². The second kappa shape index (κ2) is 6.37. The van der Waals surface area contributed by atoms with E-state index in [1.165, 1.54) is 17.6 Å². The molecule has 0 radical (unpaired) electrons. The lowest BCUT2D eigenvalue weighted by Crippen LogP contribution is -2.30. The number of hydrogen-bond acceptors (Lipinski definition) is 5. The number of rotatable bonds is 5. The zero-order valence-electron chi connectivity index (χ0n) is 13.3. The fourth-order valence-corrected chi connectivity index (χ4v) is 3.12. The summed E-state index contributed by atoms with van der Waals surface area (Å²) < 4.78 is 7.11. The van der Waals surface area contributed by atoms with Gasteiger partial charge in [0.25, 0.3) is 5.91 Å². The quantitative estimate of drug-likeness (QED) is 0.721. The van der Waals surface area contributed by atoms with Gasteiger partial charge in [-0.1, -0.05) is 0 Å². The normalized spacial score (nSPS) is 10.9. The molecule has 0 aromatic carbocycles. The standard InChI is InChI=1S/C16H18N4O2S/c1-11-13(12(2)19(3)18-11)9-20(10-15-17-6-8-23-15)16(21)14-5-4-7-22-14/h4-8H,9-10H2,1-3H3. The number of thiazole rings is 1. The third-order valence-corrected chi connectivity index (χ3v) is 4.60. The molecule has 3 rings (SSSR count). The van der Waals surface area contributed by atoms with Gasteiger partial charge < -0.3 is 9.32 Å². The summed E-state index contributed by atoms with van der Waals surface area (Å²) in [5.41, 5.74) is 3.05. The molecule has 120 valence electrons. The molecule has 0 atom stereocenters. The lowest BCUT2D eigenvalue weighted by atomic mass is 10.1. The monoisotopic (exact) mass is 330 g/mol. The van der Waals surface area contributed by atoms with Gasteiger partial charge in [0.15, 0.2) is 5.76 Å². The van der Waals surface area contributed by atoms with Gasteiger partial charge >= 0.3 is 0 Å². The molecule has 7 heteroatoms. The van der Waals surface area contributed by atoms with Crippen molar-refractivity contribution in [2.75, 3.05) is 0 Å². The molecule has 0 saturated heterocycles. The molecule has 0 fully saturated rings. The van der Waals surface area contributed by atoms with Crippen LogP contribution in [0.25, 0.3) is 0 Å². The highest BCUT2D eigenvalue weighted by Gasteiger charge is 2.22. The average Bonchev–Trinajstić information content (AvgIpc) is 3.25. The maximum atomic E-state index is 12.7. The summed E-state index contributed by atoms with van der Waals surface area (Å²) in [6.07, 6.45) is 3.26. The van der Waals surface area contributed by atoms with Gasteiger partial charge in [-0.15, -0.1) is 11.3 Å². The van der Waals surface area contributed by atoms with Gasteiger partial charge in [-0.2, -0.15) is 5.10 Å². The summed E-state index contributed by atoms with van der Waals surface area (Å²) >= 11 is 1.53. The van der Waals surface area contributed by atoms with Crippen LogP contribution >= 0.6 is 11.3 Å². The predicted molar refractivity (Wildman–Crippen MR) is 87.1 cm³/mol. The topological polar surface area (TPSA) is 64.2 Å². The van der Waals surface area contributed by atoms with Crippen molar-refractivity contribution in [1.29, 1.82) is 0 Å². The van der Waals surface area contributed by atoms with E-state index in [0.29, 0.717) is 18.8 Å². The molecular formula is C16H18N4O2S. The fraction of sp³-hybridized carbons (Fsp3) is 0.312. The molecule has 0 aliphatic rings. The number of hydrogen-bond donors (Lipinski definition) is 0. The number of carbonyl (C=O) groups is 1. The molecule has 1 amide bonds. The first-order valence-corrected chi connectivity index (χ1v) is 8.14. The van der Waals surface area contributed by atoms with Crippen molar-refractivity contribution in [1.82, 2.24) is 19.7 Å². The molecule has 0 saturated carbocycles. The van der Waals surface area contributed by atoms with Crippen LogP contribution < -0.4 is 0 Å². The van der Waals surface area contributed by atoms with Gasteiger partial charge in [0.05, 0.1) is 25.0 Å². The molecule has 0 spiro atoms. The minimum atomic E-state index is -0.146. The van der Waals surface area contributed by atoms with Crippen molar-refractivity contribution in [3.8, 4) is 0 Å². The van der Waals surface area contributed by atoms with Crippen molar-refractivity contribution in [3.05, 3.63) is 57.7 Å². The number of carbonyl (C=O) groups excluding carboxylic acids is 1. The molecule has 0 aliphatic heterocycles. The minimum absolute atomic E-state index is 0.146. The van der Waals surface area contributed by atoms with E-state index in [1.54, 1.807) is 23.2 Å². The zero-order valence-corrected chi connectivity index (χ0v) is 14.1. The molecular weight excluding hydrogens is 312 g/mol. The Morgan fingerprint density at radius 3 is 2.78 bits per heavy atom. The molecule has 23 heavy (non-hydrogen) atoms. The van der Waals surface area contributed by atoms with E-state index in [1.807, 2.05) is 31.0 Å². The van der Waals surface area contributed by atoms with E-state index >= 15 is 0 Å². The van der Waals surface area contributed by atoms with Crippen molar-refractivity contribution < 1.29 is 9.21 Å². The minimum Gasteiger partial charge on any atom is -0.459 e. The predicted octanol–water partition coefficient (Wildman–Crippen LogP) is 2.93. The lowest BCUT2D eigenvalue weighted by Gasteiger charge is -2.21. The smallest absolute Gasteiger partial charge is 0.290 e. The number of furan rings is 1. The molecule has 0 bridgehead atoms. The van der Waals surface area contributed by atoms with Gasteiger partial charge in [-0.05, 0) is 26.0 Å². The molecule has 3 aromatic heterocycles. The summed E-state index contributed by atoms with van der Waals surface area (Å²) in [4.78, 5) is 18.8. The van der Waals surface area contributed by atoms with Crippen LogP contribution in [0.15, 0.2) is 34.4 Å². The van der Waals surface area contributed by atoms with Gasteiger partial charge in [0.1, 0.15) is 5.01 Å². The molecule has 3 heterocycles. The third kappa shape index (κ3) is 3.19. The maximum absolute atomic E-state index is 12.7. The van der Waals surface area contributed by atoms with Crippen LogP contribution in [-0.4, -0.2) is 25.6 Å². The summed E-state index contributed by atoms with van der Waals surface area (Å²) in [7, 11) is 1.91.